The maximum Gasteiger partial charge on any atom is 0.253 e. The third kappa shape index (κ3) is 3.18. The van der Waals surface area contributed by atoms with Crippen LogP contribution in [-0.4, -0.2) is 17.0 Å². The summed E-state index contributed by atoms with van der Waals surface area (Å²) in [4.78, 5) is 12.6. The number of aryl methyl sites for hydroxylation is 2. The van der Waals surface area contributed by atoms with Crippen LogP contribution in [0, 0.1) is 12.8 Å². The number of hydrogen-bond acceptors (Lipinski definition) is 1. The fourth-order valence-corrected chi connectivity index (χ4v) is 3.59. The minimum absolute atomic E-state index is 0.0699. The molecule has 1 fully saturated rings. The van der Waals surface area contributed by atoms with Crippen molar-refractivity contribution in [1.82, 2.24) is 9.88 Å². The van der Waals surface area contributed by atoms with Gasteiger partial charge in [-0.1, -0.05) is 37.3 Å². The van der Waals surface area contributed by atoms with E-state index in [1.54, 1.807) is 0 Å². The van der Waals surface area contributed by atoms with E-state index in [0.29, 0.717) is 5.92 Å². The maximum absolute atomic E-state index is 12.6. The Morgan fingerprint density at radius 3 is 2.68 bits per heavy atom. The number of nitrogens with one attached hydrogen (secondary N) is 1. The summed E-state index contributed by atoms with van der Waals surface area (Å²) in [5, 5.41) is 4.23. The molecule has 0 atom stereocenters. The molecule has 2 aromatic rings. The summed E-state index contributed by atoms with van der Waals surface area (Å²) in [6.07, 6.45) is 9.80. The van der Waals surface area contributed by atoms with E-state index in [-0.39, 0.29) is 5.91 Å². The van der Waals surface area contributed by atoms with E-state index in [1.165, 1.54) is 44.1 Å². The van der Waals surface area contributed by atoms with Crippen LogP contribution in [0.1, 0.15) is 54.4 Å². The molecule has 0 bridgehead atoms. The van der Waals surface area contributed by atoms with Crippen LogP contribution in [0.15, 0.2) is 24.4 Å². The zero-order valence-electron chi connectivity index (χ0n) is 13.7. The molecule has 0 saturated heterocycles. The monoisotopic (exact) mass is 298 g/mol. The van der Waals surface area contributed by atoms with Crippen LogP contribution < -0.4 is 5.32 Å². The summed E-state index contributed by atoms with van der Waals surface area (Å²) in [5.41, 5.74) is 3.11. The van der Waals surface area contributed by atoms with Gasteiger partial charge in [0.2, 0.25) is 0 Å². The van der Waals surface area contributed by atoms with Gasteiger partial charge in [0.25, 0.3) is 5.91 Å². The first-order valence-corrected chi connectivity index (χ1v) is 8.49. The van der Waals surface area contributed by atoms with Crippen LogP contribution in [0.2, 0.25) is 0 Å². The number of fused-ring (bicyclic) bond motifs is 1. The number of aromatic nitrogens is 1. The average Bonchev–Trinajstić information content (AvgIpc) is 2.68. The van der Waals surface area contributed by atoms with E-state index < -0.39 is 0 Å². The molecule has 1 heterocycles. The van der Waals surface area contributed by atoms with Crippen LogP contribution in [0.25, 0.3) is 10.9 Å². The molecule has 1 aromatic carbocycles. The van der Waals surface area contributed by atoms with Gasteiger partial charge in [-0.05, 0) is 37.8 Å². The van der Waals surface area contributed by atoms with Crippen molar-refractivity contribution < 1.29 is 4.79 Å². The highest BCUT2D eigenvalue weighted by Gasteiger charge is 2.17. The third-order valence-corrected chi connectivity index (χ3v) is 4.92. The fraction of sp³-hybridized carbons (Fsp3) is 0.526. The van der Waals surface area contributed by atoms with Gasteiger partial charge in [-0.15, -0.1) is 0 Å². The summed E-state index contributed by atoms with van der Waals surface area (Å²) in [7, 11) is 2.00. The SMILES string of the molecule is Cc1ccc2c(c1)c(C(=O)NCC1CCCCCC1)cn2C. The molecule has 1 amide bonds. The van der Waals surface area contributed by atoms with Crippen LogP contribution in [0.5, 0.6) is 0 Å². The highest BCUT2D eigenvalue weighted by Crippen LogP contribution is 2.24. The Hall–Kier alpha value is -1.77. The lowest BCUT2D eigenvalue weighted by Gasteiger charge is -2.14. The Morgan fingerprint density at radius 1 is 1.23 bits per heavy atom. The lowest BCUT2D eigenvalue weighted by atomic mass is 10.0. The Bertz CT molecular complexity index is 663. The quantitative estimate of drug-likeness (QED) is 0.847. The molecule has 1 saturated carbocycles. The van der Waals surface area contributed by atoms with Crippen molar-refractivity contribution in [2.24, 2.45) is 13.0 Å². The highest BCUT2D eigenvalue weighted by atomic mass is 16.1. The van der Waals surface area contributed by atoms with Gasteiger partial charge >= 0.3 is 0 Å². The van der Waals surface area contributed by atoms with E-state index in [4.69, 9.17) is 0 Å². The first-order valence-electron chi connectivity index (χ1n) is 8.49. The van der Waals surface area contributed by atoms with Gasteiger partial charge in [0.05, 0.1) is 5.56 Å². The summed E-state index contributed by atoms with van der Waals surface area (Å²) < 4.78 is 2.04. The fourth-order valence-electron chi connectivity index (χ4n) is 3.59. The van der Waals surface area contributed by atoms with Crippen molar-refractivity contribution in [3.05, 3.63) is 35.5 Å². The lowest BCUT2D eigenvalue weighted by Crippen LogP contribution is -2.29. The van der Waals surface area contributed by atoms with Crippen LogP contribution in [-0.2, 0) is 7.05 Å². The number of carbonyl (C=O) groups excluding carboxylic acids is 1. The molecule has 3 heteroatoms. The summed E-state index contributed by atoms with van der Waals surface area (Å²) >= 11 is 0. The molecule has 0 unspecified atom stereocenters. The zero-order valence-corrected chi connectivity index (χ0v) is 13.7. The Labute approximate surface area is 132 Å². The molecule has 3 rings (SSSR count). The van der Waals surface area contributed by atoms with Gasteiger partial charge in [0.15, 0.2) is 0 Å². The van der Waals surface area contributed by atoms with E-state index in [9.17, 15) is 4.79 Å². The second-order valence-corrected chi connectivity index (χ2v) is 6.74. The van der Waals surface area contributed by atoms with Gasteiger partial charge in [-0.3, -0.25) is 4.79 Å². The number of carbonyl (C=O) groups is 1. The first-order chi connectivity index (χ1) is 10.6. The molecule has 0 radical (unpaired) electrons. The van der Waals surface area contributed by atoms with Crippen LogP contribution in [0.4, 0.5) is 0 Å². The van der Waals surface area contributed by atoms with Crippen molar-refractivity contribution in [2.75, 3.05) is 6.54 Å². The van der Waals surface area contributed by atoms with Gasteiger partial charge in [0, 0.05) is 30.7 Å². The standard InChI is InChI=1S/C19H26N2O/c1-14-9-10-18-16(11-14)17(13-21(18)2)19(22)20-12-15-7-5-3-4-6-8-15/h9-11,13,15H,3-8,12H2,1-2H3,(H,20,22). The van der Waals surface area contributed by atoms with Crippen molar-refractivity contribution in [3.63, 3.8) is 0 Å². The molecule has 3 nitrogen and oxygen atoms in total. The molecular formula is C19H26N2O. The van der Waals surface area contributed by atoms with E-state index in [2.05, 4.69) is 30.4 Å². The number of amides is 1. The minimum Gasteiger partial charge on any atom is -0.352 e. The molecule has 118 valence electrons. The van der Waals surface area contributed by atoms with E-state index in [1.807, 2.05) is 17.8 Å². The average molecular weight is 298 g/mol. The smallest absolute Gasteiger partial charge is 0.253 e. The van der Waals surface area contributed by atoms with Gasteiger partial charge in [0.1, 0.15) is 0 Å². The Morgan fingerprint density at radius 2 is 1.95 bits per heavy atom. The van der Waals surface area contributed by atoms with Crippen molar-refractivity contribution >= 4 is 16.8 Å². The van der Waals surface area contributed by atoms with Crippen LogP contribution >= 0.6 is 0 Å². The van der Waals surface area contributed by atoms with Gasteiger partial charge < -0.3 is 9.88 Å². The second kappa shape index (κ2) is 6.55. The predicted molar refractivity (Wildman–Crippen MR) is 91.2 cm³/mol. The predicted octanol–water partition coefficient (Wildman–Crippen LogP) is 4.19. The van der Waals surface area contributed by atoms with E-state index in [0.717, 1.165) is 23.0 Å². The van der Waals surface area contributed by atoms with Gasteiger partial charge in [-0.2, -0.15) is 0 Å². The molecule has 0 spiro atoms. The minimum atomic E-state index is 0.0699. The summed E-state index contributed by atoms with van der Waals surface area (Å²) in [6, 6.07) is 6.29. The normalized spacial score (nSPS) is 16.6. The molecule has 1 aliphatic rings. The van der Waals surface area contributed by atoms with Crippen LogP contribution in [0.3, 0.4) is 0 Å². The Balaban J connectivity index is 1.73. The summed E-state index contributed by atoms with van der Waals surface area (Å²) in [5.74, 6) is 0.726. The molecule has 1 aliphatic carbocycles. The van der Waals surface area contributed by atoms with Gasteiger partial charge in [-0.25, -0.2) is 0 Å². The molecule has 0 aliphatic heterocycles. The molecular weight excluding hydrogens is 272 g/mol. The first kappa shape index (κ1) is 15.1. The number of benzene rings is 1. The number of hydrogen-bond donors (Lipinski definition) is 1. The largest absolute Gasteiger partial charge is 0.352 e. The number of rotatable bonds is 3. The lowest BCUT2D eigenvalue weighted by molar-refractivity contribution is 0.0947. The van der Waals surface area contributed by atoms with Crippen molar-refractivity contribution in [3.8, 4) is 0 Å². The molecule has 1 aromatic heterocycles. The molecule has 22 heavy (non-hydrogen) atoms. The zero-order chi connectivity index (χ0) is 15.5. The topological polar surface area (TPSA) is 34.0 Å². The maximum atomic E-state index is 12.6. The summed E-state index contributed by atoms with van der Waals surface area (Å²) in [6.45, 7) is 2.89. The Kier molecular flexibility index (Phi) is 4.51. The van der Waals surface area contributed by atoms with Crippen molar-refractivity contribution in [2.45, 2.75) is 45.4 Å². The van der Waals surface area contributed by atoms with E-state index >= 15 is 0 Å². The second-order valence-electron chi connectivity index (χ2n) is 6.74. The third-order valence-electron chi connectivity index (χ3n) is 4.92. The number of nitrogens with zero attached hydrogens (tertiary/aromatic N) is 1. The van der Waals surface area contributed by atoms with Crippen molar-refractivity contribution in [1.29, 1.82) is 0 Å². The highest BCUT2D eigenvalue weighted by molar-refractivity contribution is 6.07. The molecule has 1 N–H and O–H groups in total.